The number of esters is 1. The highest BCUT2D eigenvalue weighted by Gasteiger charge is 2.30. The number of rotatable bonds is 1. The predicted octanol–water partition coefficient (Wildman–Crippen LogP) is 1.06. The van der Waals surface area contributed by atoms with Crippen molar-refractivity contribution in [2.45, 2.75) is 20.1 Å². The van der Waals surface area contributed by atoms with Gasteiger partial charge in [0.1, 0.15) is 0 Å². The zero-order valence-corrected chi connectivity index (χ0v) is 6.09. The summed E-state index contributed by atoms with van der Waals surface area (Å²) in [7, 11) is 0. The molecule has 0 amide bonds. The maximum absolute atomic E-state index is 10.6. The number of carbonyl (C=O) groups is 1. The van der Waals surface area contributed by atoms with Crippen LogP contribution < -0.4 is 0 Å². The van der Waals surface area contributed by atoms with E-state index < -0.39 is 12.3 Å². The molecule has 3 nitrogen and oxygen atoms in total. The van der Waals surface area contributed by atoms with Crippen LogP contribution in [0.5, 0.6) is 0 Å². The van der Waals surface area contributed by atoms with E-state index in [4.69, 9.17) is 9.47 Å². The summed E-state index contributed by atoms with van der Waals surface area (Å²) in [6.07, 6.45) is -0.431. The average molecular weight is 142 g/mol. The van der Waals surface area contributed by atoms with Crippen molar-refractivity contribution >= 4 is 5.97 Å². The maximum atomic E-state index is 10.6. The van der Waals surface area contributed by atoms with Crippen molar-refractivity contribution in [2.24, 2.45) is 5.92 Å². The van der Waals surface area contributed by atoms with Gasteiger partial charge in [0.15, 0.2) is 0 Å². The van der Waals surface area contributed by atoms with Gasteiger partial charge in [-0.2, -0.15) is 0 Å². The van der Waals surface area contributed by atoms with Gasteiger partial charge in [0.25, 0.3) is 0 Å². The van der Waals surface area contributed by atoms with Crippen LogP contribution in [0.3, 0.4) is 0 Å². The third-order valence-electron chi connectivity index (χ3n) is 1.25. The summed E-state index contributed by atoms with van der Waals surface area (Å²) in [6, 6.07) is 0. The molecule has 56 valence electrons. The second-order valence-corrected chi connectivity index (χ2v) is 2.56. The molecule has 0 radical (unpaired) electrons. The van der Waals surface area contributed by atoms with E-state index in [2.05, 4.69) is 6.58 Å². The second kappa shape index (κ2) is 2.33. The fourth-order valence-electron chi connectivity index (χ4n) is 0.656. The summed E-state index contributed by atoms with van der Waals surface area (Å²) in [5.74, 6) is -0.152. The molecule has 0 unspecified atom stereocenters. The zero-order valence-electron chi connectivity index (χ0n) is 6.09. The minimum Gasteiger partial charge on any atom is -0.447 e. The molecule has 0 saturated carbocycles. The molecular formula is C7H10O3. The van der Waals surface area contributed by atoms with Crippen molar-refractivity contribution in [3.8, 4) is 0 Å². The van der Waals surface area contributed by atoms with Crippen molar-refractivity contribution in [1.29, 1.82) is 0 Å². The van der Waals surface area contributed by atoms with Gasteiger partial charge in [-0.1, -0.05) is 13.8 Å². The third kappa shape index (κ3) is 1.12. The molecule has 0 aromatic rings. The summed E-state index contributed by atoms with van der Waals surface area (Å²) in [4.78, 5) is 10.6. The number of hydrogen-bond donors (Lipinski definition) is 0. The molecule has 1 aliphatic rings. The smallest absolute Gasteiger partial charge is 0.376 e. The van der Waals surface area contributed by atoms with E-state index in [-0.39, 0.29) is 11.7 Å². The van der Waals surface area contributed by atoms with Crippen molar-refractivity contribution in [3.63, 3.8) is 0 Å². The van der Waals surface area contributed by atoms with Gasteiger partial charge >= 0.3 is 5.97 Å². The lowest BCUT2D eigenvalue weighted by atomic mass is 10.2. The summed E-state index contributed by atoms with van der Waals surface area (Å²) >= 11 is 0. The molecule has 0 N–H and O–H groups in total. The van der Waals surface area contributed by atoms with E-state index in [9.17, 15) is 4.79 Å². The molecule has 1 atom stereocenters. The van der Waals surface area contributed by atoms with Gasteiger partial charge < -0.3 is 9.47 Å². The fraction of sp³-hybridized carbons (Fsp3) is 0.571. The first-order valence-electron chi connectivity index (χ1n) is 3.18. The minimum absolute atomic E-state index is 0.110. The number of cyclic esters (lactones) is 1. The SMILES string of the molecule is C=C1O[C@H](C(C)C)OC1=O. The quantitative estimate of drug-likeness (QED) is 0.405. The molecule has 0 spiro atoms. The summed E-state index contributed by atoms with van der Waals surface area (Å²) in [6.45, 7) is 7.20. The van der Waals surface area contributed by atoms with Crippen LogP contribution in [0.1, 0.15) is 13.8 Å². The standard InChI is InChI=1S/C7H10O3/c1-4(2)7-9-5(3)6(8)10-7/h4,7H,3H2,1-2H3/t7-/m0/s1. The molecule has 1 fully saturated rings. The lowest BCUT2D eigenvalue weighted by Gasteiger charge is -2.10. The van der Waals surface area contributed by atoms with Crippen LogP contribution in [0.4, 0.5) is 0 Å². The van der Waals surface area contributed by atoms with Crippen LogP contribution in [0.2, 0.25) is 0 Å². The van der Waals surface area contributed by atoms with Crippen LogP contribution in [0, 0.1) is 5.92 Å². The Bertz CT molecular complexity index is 156. The highest BCUT2D eigenvalue weighted by atomic mass is 16.7. The van der Waals surface area contributed by atoms with E-state index in [0.29, 0.717) is 0 Å². The molecule has 10 heavy (non-hydrogen) atoms. The summed E-state index contributed by atoms with van der Waals surface area (Å²) in [5.41, 5.74) is 0. The minimum atomic E-state index is -0.446. The molecule has 1 aliphatic heterocycles. The Kier molecular flexibility index (Phi) is 1.66. The van der Waals surface area contributed by atoms with E-state index in [1.165, 1.54) is 0 Å². The van der Waals surface area contributed by atoms with E-state index in [1.54, 1.807) is 0 Å². The Balaban J connectivity index is 2.57. The Labute approximate surface area is 59.6 Å². The lowest BCUT2D eigenvalue weighted by Crippen LogP contribution is -2.15. The van der Waals surface area contributed by atoms with Gasteiger partial charge in [0.2, 0.25) is 12.0 Å². The number of hydrogen-bond acceptors (Lipinski definition) is 3. The van der Waals surface area contributed by atoms with E-state index in [0.717, 1.165) is 0 Å². The molecule has 1 heterocycles. The average Bonchev–Trinajstić information content (AvgIpc) is 2.13. The van der Waals surface area contributed by atoms with Gasteiger partial charge in [-0.3, -0.25) is 0 Å². The second-order valence-electron chi connectivity index (χ2n) is 2.56. The molecule has 0 bridgehead atoms. The Hall–Kier alpha value is -0.990. The first kappa shape index (κ1) is 7.12. The van der Waals surface area contributed by atoms with Crippen molar-refractivity contribution in [1.82, 2.24) is 0 Å². The summed E-state index contributed by atoms with van der Waals surface area (Å²) < 4.78 is 9.74. The van der Waals surface area contributed by atoms with Gasteiger partial charge in [0, 0.05) is 5.92 Å². The summed E-state index contributed by atoms with van der Waals surface area (Å²) in [5, 5.41) is 0. The van der Waals surface area contributed by atoms with Gasteiger partial charge in [-0.05, 0) is 6.58 Å². The topological polar surface area (TPSA) is 35.5 Å². The molecule has 1 rings (SSSR count). The van der Waals surface area contributed by atoms with Crippen LogP contribution in [0.25, 0.3) is 0 Å². The Morgan fingerprint density at radius 1 is 1.50 bits per heavy atom. The van der Waals surface area contributed by atoms with E-state index >= 15 is 0 Å². The normalized spacial score (nSPS) is 24.9. The first-order chi connectivity index (χ1) is 4.61. The van der Waals surface area contributed by atoms with Crippen molar-refractivity contribution < 1.29 is 14.3 Å². The molecule has 1 saturated heterocycles. The zero-order chi connectivity index (χ0) is 7.72. The first-order valence-corrected chi connectivity index (χ1v) is 3.18. The molecular weight excluding hydrogens is 132 g/mol. The lowest BCUT2D eigenvalue weighted by molar-refractivity contribution is -0.146. The molecule has 3 heteroatoms. The maximum Gasteiger partial charge on any atom is 0.376 e. The predicted molar refractivity (Wildman–Crippen MR) is 34.9 cm³/mol. The number of carbonyl (C=O) groups excluding carboxylic acids is 1. The highest BCUT2D eigenvalue weighted by molar-refractivity contribution is 5.86. The third-order valence-corrected chi connectivity index (χ3v) is 1.25. The van der Waals surface area contributed by atoms with Crippen LogP contribution >= 0.6 is 0 Å². The van der Waals surface area contributed by atoms with Crippen LogP contribution in [-0.4, -0.2) is 12.3 Å². The van der Waals surface area contributed by atoms with Gasteiger partial charge in [-0.15, -0.1) is 0 Å². The highest BCUT2D eigenvalue weighted by Crippen LogP contribution is 2.20. The van der Waals surface area contributed by atoms with Crippen molar-refractivity contribution in [3.05, 3.63) is 12.3 Å². The van der Waals surface area contributed by atoms with E-state index in [1.807, 2.05) is 13.8 Å². The van der Waals surface area contributed by atoms with Gasteiger partial charge in [0.05, 0.1) is 0 Å². The van der Waals surface area contributed by atoms with Gasteiger partial charge in [-0.25, -0.2) is 4.79 Å². The van der Waals surface area contributed by atoms with Crippen molar-refractivity contribution in [2.75, 3.05) is 0 Å². The monoisotopic (exact) mass is 142 g/mol. The Morgan fingerprint density at radius 3 is 2.30 bits per heavy atom. The Morgan fingerprint density at radius 2 is 2.10 bits per heavy atom. The largest absolute Gasteiger partial charge is 0.447 e. The molecule has 0 aromatic carbocycles. The van der Waals surface area contributed by atoms with Crippen LogP contribution in [-0.2, 0) is 14.3 Å². The number of ether oxygens (including phenoxy) is 2. The fourth-order valence-corrected chi connectivity index (χ4v) is 0.656. The molecule has 0 aromatic heterocycles. The van der Waals surface area contributed by atoms with Crippen LogP contribution in [0.15, 0.2) is 12.3 Å². The molecule has 0 aliphatic carbocycles.